The van der Waals surface area contributed by atoms with Crippen LogP contribution in [-0.4, -0.2) is 69.6 Å². The summed E-state index contributed by atoms with van der Waals surface area (Å²) in [4.78, 5) is 55.5. The molecule has 6 atom stereocenters. The number of carbonyl (C=O) groups is 4. The van der Waals surface area contributed by atoms with Gasteiger partial charge in [-0.15, -0.1) is 0 Å². The number of fused-ring (bicyclic) bond motifs is 5. The molecular formula is C24H22N4O4. The van der Waals surface area contributed by atoms with Crippen LogP contribution in [0.4, 0.5) is 0 Å². The van der Waals surface area contributed by atoms with Crippen molar-refractivity contribution >= 4 is 23.6 Å². The van der Waals surface area contributed by atoms with Gasteiger partial charge in [-0.25, -0.2) is 10.0 Å². The average Bonchev–Trinajstić information content (AvgIpc) is 3.46. The molecule has 0 bridgehead atoms. The van der Waals surface area contributed by atoms with Crippen LogP contribution in [0, 0.1) is 11.8 Å². The molecule has 32 heavy (non-hydrogen) atoms. The Labute approximate surface area is 185 Å². The molecule has 0 aromatic heterocycles. The Hall–Kier alpha value is -3.36. The zero-order valence-electron chi connectivity index (χ0n) is 17.7. The fraction of sp³-hybridized carbons (Fsp3) is 0.333. The van der Waals surface area contributed by atoms with Crippen molar-refractivity contribution in [2.24, 2.45) is 11.8 Å². The second kappa shape index (κ2) is 6.57. The van der Waals surface area contributed by atoms with Crippen molar-refractivity contribution in [3.63, 3.8) is 0 Å². The largest absolute Gasteiger partial charge is 0.284 e. The quantitative estimate of drug-likeness (QED) is 0.661. The first-order valence-electron chi connectivity index (χ1n) is 10.7. The standard InChI is InChI=1S/C24H22N4O4/c1-25-21(29)15-17(13-9-5-3-6-10-13)28-20-16(22(30)26(2)24(20)32)18(14-11-7-4-8-12-14)27(28)19(15)23(25)31/h3-12,15-20H,1-2H3/t15-,16-,17+,18+,19+,20+/m0/s1. The number of likely N-dealkylation sites (N-methyl/N-ethyl adjacent to an activating group) is 2. The molecule has 0 radical (unpaired) electrons. The number of benzene rings is 2. The van der Waals surface area contributed by atoms with E-state index in [9.17, 15) is 19.2 Å². The van der Waals surface area contributed by atoms with E-state index in [1.54, 1.807) is 0 Å². The minimum Gasteiger partial charge on any atom is -0.284 e. The highest BCUT2D eigenvalue weighted by Crippen LogP contribution is 2.58. The zero-order valence-corrected chi connectivity index (χ0v) is 17.7. The Morgan fingerprint density at radius 2 is 0.844 bits per heavy atom. The fourth-order valence-corrected chi connectivity index (χ4v) is 6.08. The molecule has 6 rings (SSSR count). The second-order valence-corrected chi connectivity index (χ2v) is 8.88. The summed E-state index contributed by atoms with van der Waals surface area (Å²) in [6.07, 6.45) is 0. The molecule has 2 aromatic carbocycles. The number of hydrogen-bond donors (Lipinski definition) is 0. The molecule has 8 heteroatoms. The van der Waals surface area contributed by atoms with Gasteiger partial charge in [-0.05, 0) is 11.1 Å². The van der Waals surface area contributed by atoms with Crippen LogP contribution in [0.2, 0.25) is 0 Å². The first-order chi connectivity index (χ1) is 15.4. The molecule has 4 aliphatic rings. The fourth-order valence-electron chi connectivity index (χ4n) is 6.08. The molecule has 4 amide bonds. The predicted octanol–water partition coefficient (Wildman–Crippen LogP) is 0.982. The van der Waals surface area contributed by atoms with Gasteiger partial charge in [0.2, 0.25) is 23.6 Å². The Morgan fingerprint density at radius 1 is 0.500 bits per heavy atom. The monoisotopic (exact) mass is 430 g/mol. The van der Waals surface area contributed by atoms with E-state index in [1.165, 1.54) is 23.9 Å². The van der Waals surface area contributed by atoms with Gasteiger partial charge in [0, 0.05) is 14.1 Å². The average molecular weight is 430 g/mol. The van der Waals surface area contributed by atoms with Crippen molar-refractivity contribution in [2.45, 2.75) is 24.2 Å². The van der Waals surface area contributed by atoms with Crippen LogP contribution in [0.15, 0.2) is 60.7 Å². The number of rotatable bonds is 2. The van der Waals surface area contributed by atoms with E-state index >= 15 is 0 Å². The number of carbonyl (C=O) groups excluding carboxylic acids is 4. The number of imide groups is 2. The van der Waals surface area contributed by atoms with Gasteiger partial charge in [0.15, 0.2) is 0 Å². The Balaban J connectivity index is 1.60. The highest BCUT2D eigenvalue weighted by molar-refractivity contribution is 6.10. The summed E-state index contributed by atoms with van der Waals surface area (Å²) >= 11 is 0. The van der Waals surface area contributed by atoms with Gasteiger partial charge >= 0.3 is 0 Å². The number of hydrazine groups is 1. The predicted molar refractivity (Wildman–Crippen MR) is 112 cm³/mol. The Kier molecular flexibility index (Phi) is 3.97. The normalized spacial score (nSPS) is 34.4. The van der Waals surface area contributed by atoms with E-state index in [2.05, 4.69) is 0 Å². The Morgan fingerprint density at radius 3 is 1.19 bits per heavy atom. The highest BCUT2D eigenvalue weighted by Gasteiger charge is 2.72. The maximum absolute atomic E-state index is 13.3. The van der Waals surface area contributed by atoms with E-state index in [4.69, 9.17) is 0 Å². The van der Waals surface area contributed by atoms with E-state index in [1.807, 2.05) is 70.7 Å². The molecule has 4 heterocycles. The van der Waals surface area contributed by atoms with Crippen LogP contribution in [-0.2, 0) is 19.2 Å². The summed E-state index contributed by atoms with van der Waals surface area (Å²) in [5.41, 5.74) is 1.70. The van der Waals surface area contributed by atoms with Crippen LogP contribution >= 0.6 is 0 Å². The molecule has 8 nitrogen and oxygen atoms in total. The van der Waals surface area contributed by atoms with Gasteiger partial charge in [0.05, 0.1) is 23.9 Å². The number of amides is 4. The summed E-state index contributed by atoms with van der Waals surface area (Å²) in [6, 6.07) is 16.4. The van der Waals surface area contributed by atoms with Crippen LogP contribution in [0.25, 0.3) is 0 Å². The molecule has 0 unspecified atom stereocenters. The minimum absolute atomic E-state index is 0.253. The maximum Gasteiger partial charge on any atom is 0.248 e. The lowest BCUT2D eigenvalue weighted by Crippen LogP contribution is -2.49. The van der Waals surface area contributed by atoms with E-state index in [0.717, 1.165) is 11.1 Å². The molecule has 2 aromatic rings. The summed E-state index contributed by atoms with van der Waals surface area (Å²) < 4.78 is 0. The summed E-state index contributed by atoms with van der Waals surface area (Å²) in [6.45, 7) is 0. The van der Waals surface area contributed by atoms with Gasteiger partial charge in [-0.1, -0.05) is 60.7 Å². The van der Waals surface area contributed by atoms with Crippen molar-refractivity contribution in [1.29, 1.82) is 0 Å². The summed E-state index contributed by atoms with van der Waals surface area (Å²) in [5, 5.41) is 3.75. The molecular weight excluding hydrogens is 408 g/mol. The van der Waals surface area contributed by atoms with Gasteiger partial charge in [0.1, 0.15) is 12.1 Å². The molecule has 0 N–H and O–H groups in total. The molecule has 0 aliphatic carbocycles. The van der Waals surface area contributed by atoms with E-state index in [0.29, 0.717) is 0 Å². The highest BCUT2D eigenvalue weighted by atomic mass is 16.2. The lowest BCUT2D eigenvalue weighted by atomic mass is 9.84. The van der Waals surface area contributed by atoms with E-state index < -0.39 is 36.0 Å². The maximum atomic E-state index is 13.3. The summed E-state index contributed by atoms with van der Waals surface area (Å²) in [5.74, 6) is -2.38. The van der Waals surface area contributed by atoms with Crippen LogP contribution in [0.1, 0.15) is 23.2 Å². The lowest BCUT2D eigenvalue weighted by Gasteiger charge is -2.35. The van der Waals surface area contributed by atoms with Gasteiger partial charge in [-0.3, -0.25) is 29.0 Å². The number of nitrogens with zero attached hydrogens (tertiary/aromatic N) is 4. The van der Waals surface area contributed by atoms with Crippen molar-refractivity contribution < 1.29 is 19.2 Å². The topological polar surface area (TPSA) is 81.2 Å². The minimum atomic E-state index is -0.751. The SMILES string of the molecule is CN1C(=O)[C@H]2[C@@H](c3ccccc3)N3[C@H]4C(=O)N(C)C(=O)[C@H]4[C@@H](c4ccccc4)N3[C@H]2C1=O. The molecule has 0 spiro atoms. The number of likely N-dealkylation sites (tertiary alicyclic amines) is 2. The van der Waals surface area contributed by atoms with Crippen molar-refractivity contribution in [3.8, 4) is 0 Å². The third kappa shape index (κ3) is 2.23. The van der Waals surface area contributed by atoms with Crippen molar-refractivity contribution in [3.05, 3.63) is 71.8 Å². The first-order valence-corrected chi connectivity index (χ1v) is 10.7. The van der Waals surface area contributed by atoms with Gasteiger partial charge < -0.3 is 0 Å². The molecule has 4 fully saturated rings. The van der Waals surface area contributed by atoms with E-state index in [-0.39, 0.29) is 23.6 Å². The van der Waals surface area contributed by atoms with Gasteiger partial charge in [-0.2, -0.15) is 0 Å². The van der Waals surface area contributed by atoms with Crippen molar-refractivity contribution in [2.75, 3.05) is 14.1 Å². The summed E-state index contributed by atoms with van der Waals surface area (Å²) in [7, 11) is 3.02. The third-order valence-electron chi connectivity index (χ3n) is 7.45. The molecule has 4 saturated heterocycles. The zero-order chi connectivity index (χ0) is 22.3. The smallest absolute Gasteiger partial charge is 0.248 e. The third-order valence-corrected chi connectivity index (χ3v) is 7.45. The molecule has 162 valence electrons. The first kappa shape index (κ1) is 19.3. The van der Waals surface area contributed by atoms with Crippen LogP contribution in [0.5, 0.6) is 0 Å². The lowest BCUT2D eigenvalue weighted by molar-refractivity contribution is -0.151. The second-order valence-electron chi connectivity index (χ2n) is 8.88. The van der Waals surface area contributed by atoms with Crippen LogP contribution in [0.3, 0.4) is 0 Å². The van der Waals surface area contributed by atoms with Crippen molar-refractivity contribution in [1.82, 2.24) is 19.8 Å². The Bertz CT molecular complexity index is 1060. The molecule has 0 saturated carbocycles. The van der Waals surface area contributed by atoms with Gasteiger partial charge in [0.25, 0.3) is 0 Å². The van der Waals surface area contributed by atoms with Crippen LogP contribution < -0.4 is 0 Å². The molecule has 4 aliphatic heterocycles. The number of hydrogen-bond acceptors (Lipinski definition) is 6.